The molecule has 0 aliphatic heterocycles. The zero-order valence-corrected chi connectivity index (χ0v) is 11.4. The van der Waals surface area contributed by atoms with Gasteiger partial charge in [-0.2, -0.15) is 0 Å². The highest BCUT2D eigenvalue weighted by atomic mass is 79.9. The Morgan fingerprint density at radius 3 is 3.06 bits per heavy atom. The quantitative estimate of drug-likeness (QED) is 0.855. The number of hydrogen-bond donors (Lipinski definition) is 1. The van der Waals surface area contributed by atoms with Gasteiger partial charge in [0.25, 0.3) is 0 Å². The highest BCUT2D eigenvalue weighted by molar-refractivity contribution is 9.10. The van der Waals surface area contributed by atoms with Gasteiger partial charge in [-0.3, -0.25) is 0 Å². The summed E-state index contributed by atoms with van der Waals surface area (Å²) in [5.41, 5.74) is 1.13. The molecule has 0 heterocycles. The van der Waals surface area contributed by atoms with E-state index in [1.54, 1.807) is 7.11 Å². The Morgan fingerprint density at radius 2 is 2.29 bits per heavy atom. The largest absolute Gasteiger partial charge is 0.497 e. The number of ether oxygens (including phenoxy) is 1. The van der Waals surface area contributed by atoms with Crippen LogP contribution in [0.15, 0.2) is 34.8 Å². The highest BCUT2D eigenvalue weighted by Crippen LogP contribution is 2.44. The van der Waals surface area contributed by atoms with Crippen molar-refractivity contribution >= 4 is 21.6 Å². The molecule has 1 aromatic rings. The summed E-state index contributed by atoms with van der Waals surface area (Å²) in [6.45, 7) is 0. The lowest BCUT2D eigenvalue weighted by atomic mass is 9.71. The number of anilines is 1. The molecule has 3 unspecified atom stereocenters. The molecule has 0 aromatic heterocycles. The molecule has 3 rings (SSSR count). The van der Waals surface area contributed by atoms with Crippen LogP contribution in [0.2, 0.25) is 0 Å². The first-order chi connectivity index (χ1) is 8.28. The van der Waals surface area contributed by atoms with Gasteiger partial charge in [-0.1, -0.05) is 12.2 Å². The number of nitrogens with one attached hydrogen (secondary N) is 1. The summed E-state index contributed by atoms with van der Waals surface area (Å²) in [5.74, 6) is 2.51. The average Bonchev–Trinajstić information content (AvgIpc) is 2.69. The molecule has 1 fully saturated rings. The molecule has 0 radical (unpaired) electrons. The van der Waals surface area contributed by atoms with Gasteiger partial charge < -0.3 is 10.1 Å². The van der Waals surface area contributed by atoms with Crippen molar-refractivity contribution in [1.29, 1.82) is 0 Å². The van der Waals surface area contributed by atoms with E-state index in [0.29, 0.717) is 6.04 Å². The number of fused-ring (bicyclic) bond motifs is 1. The van der Waals surface area contributed by atoms with E-state index in [1.807, 2.05) is 12.1 Å². The van der Waals surface area contributed by atoms with E-state index in [2.05, 4.69) is 39.5 Å². The fourth-order valence-corrected chi connectivity index (χ4v) is 3.19. The molecule has 90 valence electrons. The summed E-state index contributed by atoms with van der Waals surface area (Å²) in [7, 11) is 1.70. The Hall–Kier alpha value is -0.960. The van der Waals surface area contributed by atoms with E-state index in [-0.39, 0.29) is 0 Å². The molecule has 1 aromatic carbocycles. The smallest absolute Gasteiger partial charge is 0.121 e. The van der Waals surface area contributed by atoms with Crippen molar-refractivity contribution in [3.8, 4) is 5.75 Å². The van der Waals surface area contributed by atoms with E-state index in [1.165, 1.54) is 12.8 Å². The van der Waals surface area contributed by atoms with Crippen molar-refractivity contribution in [2.24, 2.45) is 11.8 Å². The fraction of sp³-hybridized carbons (Fsp3) is 0.429. The van der Waals surface area contributed by atoms with Gasteiger partial charge >= 0.3 is 0 Å². The number of methoxy groups -OCH3 is 1. The zero-order valence-electron chi connectivity index (χ0n) is 9.82. The van der Waals surface area contributed by atoms with E-state index >= 15 is 0 Å². The van der Waals surface area contributed by atoms with Crippen LogP contribution >= 0.6 is 15.9 Å². The first-order valence-electron chi connectivity index (χ1n) is 6.04. The second-order valence-electron chi connectivity index (χ2n) is 4.83. The number of halogens is 1. The van der Waals surface area contributed by atoms with Crippen molar-refractivity contribution in [3.63, 3.8) is 0 Å². The number of rotatable bonds is 3. The number of allylic oxidation sites excluding steroid dienone is 1. The molecular formula is C14H16BrNO. The first-order valence-corrected chi connectivity index (χ1v) is 6.84. The van der Waals surface area contributed by atoms with E-state index in [0.717, 1.165) is 27.7 Å². The van der Waals surface area contributed by atoms with Crippen LogP contribution in [0.3, 0.4) is 0 Å². The predicted octanol–water partition coefficient (Wildman–Crippen LogP) is 3.83. The monoisotopic (exact) mass is 293 g/mol. The van der Waals surface area contributed by atoms with Crippen LogP contribution < -0.4 is 10.1 Å². The van der Waals surface area contributed by atoms with Crippen LogP contribution in [0.1, 0.15) is 12.8 Å². The van der Waals surface area contributed by atoms with Gasteiger partial charge in [0.1, 0.15) is 5.75 Å². The third-order valence-corrected chi connectivity index (χ3v) is 4.57. The fourth-order valence-electron chi connectivity index (χ4n) is 2.83. The predicted molar refractivity (Wildman–Crippen MR) is 73.5 cm³/mol. The SMILES string of the molecule is COc1ccc(Br)c(NC2CC3CC=CC32)c1. The van der Waals surface area contributed by atoms with Crippen molar-refractivity contribution in [2.45, 2.75) is 18.9 Å². The van der Waals surface area contributed by atoms with Gasteiger partial charge in [-0.05, 0) is 46.8 Å². The van der Waals surface area contributed by atoms with Crippen LogP contribution in [0.25, 0.3) is 0 Å². The standard InChI is InChI=1S/C14H16BrNO/c1-17-10-5-6-12(15)14(8-10)16-13-7-9-3-2-4-11(9)13/h2,4-6,8-9,11,13,16H,3,7H2,1H3. The van der Waals surface area contributed by atoms with Crippen molar-refractivity contribution < 1.29 is 4.74 Å². The maximum Gasteiger partial charge on any atom is 0.121 e. The zero-order chi connectivity index (χ0) is 11.8. The molecule has 0 spiro atoms. The molecule has 3 atom stereocenters. The summed E-state index contributed by atoms with van der Waals surface area (Å²) in [6.07, 6.45) is 7.22. The van der Waals surface area contributed by atoms with E-state index in [4.69, 9.17) is 4.74 Å². The maximum absolute atomic E-state index is 5.25. The second-order valence-corrected chi connectivity index (χ2v) is 5.69. The third-order valence-electron chi connectivity index (χ3n) is 3.88. The molecule has 3 heteroatoms. The molecule has 2 aliphatic rings. The van der Waals surface area contributed by atoms with Crippen molar-refractivity contribution in [3.05, 3.63) is 34.8 Å². The van der Waals surface area contributed by atoms with Crippen molar-refractivity contribution in [2.75, 3.05) is 12.4 Å². The Balaban J connectivity index is 1.74. The molecule has 2 nitrogen and oxygen atoms in total. The Bertz CT molecular complexity index is 458. The Morgan fingerprint density at radius 1 is 1.41 bits per heavy atom. The molecule has 0 bridgehead atoms. The van der Waals surface area contributed by atoms with Crippen LogP contribution in [-0.2, 0) is 0 Å². The minimum atomic E-state index is 0.585. The lowest BCUT2D eigenvalue weighted by Crippen LogP contribution is -2.43. The topological polar surface area (TPSA) is 21.3 Å². The molecular weight excluding hydrogens is 278 g/mol. The van der Waals surface area contributed by atoms with Crippen LogP contribution in [0, 0.1) is 11.8 Å². The molecule has 0 saturated heterocycles. The lowest BCUT2D eigenvalue weighted by molar-refractivity contribution is 0.218. The summed E-state index contributed by atoms with van der Waals surface area (Å²) in [4.78, 5) is 0. The van der Waals surface area contributed by atoms with E-state index in [9.17, 15) is 0 Å². The molecule has 17 heavy (non-hydrogen) atoms. The number of hydrogen-bond acceptors (Lipinski definition) is 2. The van der Waals surface area contributed by atoms with E-state index < -0.39 is 0 Å². The molecule has 1 saturated carbocycles. The Kier molecular flexibility index (Phi) is 2.87. The van der Waals surface area contributed by atoms with Gasteiger partial charge in [-0.25, -0.2) is 0 Å². The number of benzene rings is 1. The van der Waals surface area contributed by atoms with Gasteiger partial charge in [0, 0.05) is 22.5 Å². The minimum absolute atomic E-state index is 0.585. The van der Waals surface area contributed by atoms with Crippen LogP contribution in [0.5, 0.6) is 5.75 Å². The summed E-state index contributed by atoms with van der Waals surface area (Å²) < 4.78 is 6.36. The second kappa shape index (κ2) is 4.37. The highest BCUT2D eigenvalue weighted by Gasteiger charge is 2.41. The van der Waals surface area contributed by atoms with Crippen LogP contribution in [-0.4, -0.2) is 13.2 Å². The lowest BCUT2D eigenvalue weighted by Gasteiger charge is -2.41. The Labute approximate surface area is 110 Å². The summed E-state index contributed by atoms with van der Waals surface area (Å²) in [6, 6.07) is 6.63. The molecule has 1 N–H and O–H groups in total. The normalized spacial score (nSPS) is 29.6. The molecule has 2 aliphatic carbocycles. The molecule has 0 amide bonds. The van der Waals surface area contributed by atoms with Gasteiger partial charge in [0.2, 0.25) is 0 Å². The van der Waals surface area contributed by atoms with Gasteiger partial charge in [0.05, 0.1) is 12.8 Å². The van der Waals surface area contributed by atoms with Crippen LogP contribution in [0.4, 0.5) is 5.69 Å². The first kappa shape index (κ1) is 11.1. The third kappa shape index (κ3) is 1.97. The average molecular weight is 294 g/mol. The van der Waals surface area contributed by atoms with Crippen molar-refractivity contribution in [1.82, 2.24) is 0 Å². The van der Waals surface area contributed by atoms with Gasteiger partial charge in [-0.15, -0.1) is 0 Å². The summed E-state index contributed by atoms with van der Waals surface area (Å²) in [5, 5.41) is 3.61. The maximum atomic E-state index is 5.25. The minimum Gasteiger partial charge on any atom is -0.497 e. The van der Waals surface area contributed by atoms with Gasteiger partial charge in [0.15, 0.2) is 0 Å². The summed E-state index contributed by atoms with van der Waals surface area (Å²) >= 11 is 3.58.